The topological polar surface area (TPSA) is 88.2 Å². The summed E-state index contributed by atoms with van der Waals surface area (Å²) in [6, 6.07) is 5.31. The van der Waals surface area contributed by atoms with Crippen molar-refractivity contribution in [2.24, 2.45) is 5.92 Å². The van der Waals surface area contributed by atoms with Crippen LogP contribution < -0.4 is 10.1 Å². The van der Waals surface area contributed by atoms with Gasteiger partial charge in [-0.1, -0.05) is 19.9 Å². The van der Waals surface area contributed by atoms with Crippen molar-refractivity contribution in [3.05, 3.63) is 23.8 Å². The molecule has 180 valence electrons. The van der Waals surface area contributed by atoms with Crippen LogP contribution in [-0.2, 0) is 19.6 Å². The lowest BCUT2D eigenvalue weighted by Crippen LogP contribution is -2.46. The highest BCUT2D eigenvalue weighted by Gasteiger charge is 2.35. The number of rotatable bonds is 9. The van der Waals surface area contributed by atoms with E-state index in [4.69, 9.17) is 9.47 Å². The molecule has 1 N–H and O–H groups in total. The number of carbonyl (C=O) groups is 1. The second-order valence-corrected chi connectivity index (χ2v) is 10.8. The maximum Gasteiger partial charge on any atom is 0.246 e. The van der Waals surface area contributed by atoms with Crippen molar-refractivity contribution in [3.8, 4) is 5.75 Å². The Hall–Kier alpha value is -1.68. The predicted octanol–water partition coefficient (Wildman–Crippen LogP) is 2.06. The Morgan fingerprint density at radius 1 is 1.25 bits per heavy atom. The van der Waals surface area contributed by atoms with Gasteiger partial charge < -0.3 is 14.8 Å². The molecule has 8 nitrogen and oxygen atoms in total. The van der Waals surface area contributed by atoms with Crippen LogP contribution in [0.5, 0.6) is 5.75 Å². The van der Waals surface area contributed by atoms with E-state index in [1.807, 2.05) is 19.9 Å². The number of ether oxygens (including phenoxy) is 2. The summed E-state index contributed by atoms with van der Waals surface area (Å²) < 4.78 is 39.0. The van der Waals surface area contributed by atoms with Crippen molar-refractivity contribution in [2.75, 3.05) is 59.6 Å². The van der Waals surface area contributed by atoms with Crippen molar-refractivity contribution in [2.45, 2.75) is 43.9 Å². The molecule has 0 saturated carbocycles. The Labute approximate surface area is 192 Å². The van der Waals surface area contributed by atoms with Gasteiger partial charge in [-0.3, -0.25) is 9.69 Å². The summed E-state index contributed by atoms with van der Waals surface area (Å²) in [5.74, 6) is 0.146. The van der Waals surface area contributed by atoms with Gasteiger partial charge in [0.15, 0.2) is 0 Å². The summed E-state index contributed by atoms with van der Waals surface area (Å²) >= 11 is 0. The number of nitrogens with zero attached hydrogens (tertiary/aromatic N) is 2. The number of hydrogen-bond donors (Lipinski definition) is 1. The quantitative estimate of drug-likeness (QED) is 0.560. The van der Waals surface area contributed by atoms with Crippen LogP contribution in [-0.4, -0.2) is 83.1 Å². The lowest BCUT2D eigenvalue weighted by Gasteiger charge is -2.32. The molecule has 2 aliphatic rings. The number of methoxy groups -OCH3 is 1. The number of morpholine rings is 1. The highest BCUT2D eigenvalue weighted by atomic mass is 32.2. The minimum absolute atomic E-state index is 0.0604. The highest BCUT2D eigenvalue weighted by Crippen LogP contribution is 2.32. The van der Waals surface area contributed by atoms with E-state index in [1.54, 1.807) is 12.1 Å². The number of hydrogen-bond acceptors (Lipinski definition) is 6. The molecule has 1 aromatic carbocycles. The van der Waals surface area contributed by atoms with E-state index in [0.717, 1.165) is 44.8 Å². The first-order valence-electron chi connectivity index (χ1n) is 11.6. The second kappa shape index (κ2) is 11.4. The largest absolute Gasteiger partial charge is 0.495 e. The lowest BCUT2D eigenvalue weighted by atomic mass is 9.99. The minimum atomic E-state index is -3.76. The van der Waals surface area contributed by atoms with E-state index in [2.05, 4.69) is 10.2 Å². The molecular weight excluding hydrogens is 430 g/mol. The molecule has 1 aromatic rings. The van der Waals surface area contributed by atoms with E-state index >= 15 is 0 Å². The molecule has 32 heavy (non-hydrogen) atoms. The van der Waals surface area contributed by atoms with E-state index in [-0.39, 0.29) is 29.2 Å². The van der Waals surface area contributed by atoms with Crippen molar-refractivity contribution >= 4 is 15.9 Å². The van der Waals surface area contributed by atoms with Crippen LogP contribution in [0, 0.1) is 5.92 Å². The molecule has 0 aliphatic carbocycles. The van der Waals surface area contributed by atoms with E-state index < -0.39 is 10.0 Å². The zero-order valence-electron chi connectivity index (χ0n) is 19.5. The first-order chi connectivity index (χ1) is 15.3. The highest BCUT2D eigenvalue weighted by molar-refractivity contribution is 7.89. The van der Waals surface area contributed by atoms with Crippen molar-refractivity contribution in [1.82, 2.24) is 14.5 Å². The van der Waals surface area contributed by atoms with E-state index in [0.29, 0.717) is 31.7 Å². The number of nitrogens with one attached hydrogen (secondary N) is 1. The SMILES string of the molecule is COc1ccc(C(C)C)cc1S(=O)(=O)N1CCC[C@@H](C(=O)NCCCN2CCOCC2)C1. The van der Waals surface area contributed by atoms with Crippen LogP contribution in [0.4, 0.5) is 0 Å². The number of amides is 1. The van der Waals surface area contributed by atoms with Gasteiger partial charge >= 0.3 is 0 Å². The second-order valence-electron chi connectivity index (χ2n) is 8.87. The fraction of sp³-hybridized carbons (Fsp3) is 0.696. The Kier molecular flexibility index (Phi) is 8.93. The fourth-order valence-corrected chi connectivity index (χ4v) is 5.97. The third-order valence-electron chi connectivity index (χ3n) is 6.28. The molecule has 3 rings (SSSR count). The molecule has 2 heterocycles. The van der Waals surface area contributed by atoms with E-state index in [9.17, 15) is 13.2 Å². The monoisotopic (exact) mass is 467 g/mol. The molecule has 0 aromatic heterocycles. The summed E-state index contributed by atoms with van der Waals surface area (Å²) in [5.41, 5.74) is 0.941. The molecule has 2 aliphatic heterocycles. The summed E-state index contributed by atoms with van der Waals surface area (Å²) in [5, 5.41) is 3.01. The van der Waals surface area contributed by atoms with Gasteiger partial charge in [0.1, 0.15) is 10.6 Å². The van der Waals surface area contributed by atoms with Gasteiger partial charge in [-0.25, -0.2) is 8.42 Å². The molecule has 9 heteroatoms. The summed E-state index contributed by atoms with van der Waals surface area (Å²) in [6.45, 7) is 9.61. The summed E-state index contributed by atoms with van der Waals surface area (Å²) in [4.78, 5) is 15.2. The molecule has 0 spiro atoms. The van der Waals surface area contributed by atoms with Crippen molar-refractivity contribution in [3.63, 3.8) is 0 Å². The van der Waals surface area contributed by atoms with Crippen molar-refractivity contribution in [1.29, 1.82) is 0 Å². The third-order valence-corrected chi connectivity index (χ3v) is 8.17. The maximum atomic E-state index is 13.4. The smallest absolute Gasteiger partial charge is 0.246 e. The maximum absolute atomic E-state index is 13.4. The predicted molar refractivity (Wildman–Crippen MR) is 123 cm³/mol. The van der Waals surface area contributed by atoms with Crippen LogP contribution in [0.15, 0.2) is 23.1 Å². The molecule has 0 radical (unpaired) electrons. The van der Waals surface area contributed by atoms with Crippen LogP contribution in [0.2, 0.25) is 0 Å². The normalized spacial score (nSPS) is 20.9. The Bertz CT molecular complexity index is 868. The zero-order valence-corrected chi connectivity index (χ0v) is 20.3. The molecule has 2 saturated heterocycles. The minimum Gasteiger partial charge on any atom is -0.495 e. The molecule has 0 unspecified atom stereocenters. The van der Waals surface area contributed by atoms with Crippen LogP contribution in [0.3, 0.4) is 0 Å². The van der Waals surface area contributed by atoms with Gasteiger partial charge in [-0.2, -0.15) is 4.31 Å². The van der Waals surface area contributed by atoms with Gasteiger partial charge in [0.25, 0.3) is 0 Å². The summed E-state index contributed by atoms with van der Waals surface area (Å²) in [7, 11) is -2.28. The molecule has 1 amide bonds. The van der Waals surface area contributed by atoms with Gasteiger partial charge in [0.05, 0.1) is 26.2 Å². The van der Waals surface area contributed by atoms with E-state index in [1.165, 1.54) is 11.4 Å². The van der Waals surface area contributed by atoms with Gasteiger partial charge in [-0.05, 0) is 49.4 Å². The van der Waals surface area contributed by atoms with Crippen LogP contribution >= 0.6 is 0 Å². The number of sulfonamides is 1. The first-order valence-corrected chi connectivity index (χ1v) is 13.0. The molecule has 1 atom stereocenters. The van der Waals surface area contributed by atoms with Crippen LogP contribution in [0.1, 0.15) is 44.6 Å². The molecular formula is C23H37N3O5S. The standard InChI is InChI=1S/C23H37N3O5S/c1-18(2)19-7-8-21(30-3)22(16-19)32(28,29)26-11-4-6-20(17-26)23(27)24-9-5-10-25-12-14-31-15-13-25/h7-8,16,18,20H,4-6,9-15,17H2,1-3H3,(H,24,27)/t20-/m1/s1. The lowest BCUT2D eigenvalue weighted by molar-refractivity contribution is -0.126. The average molecular weight is 468 g/mol. The van der Waals surface area contributed by atoms with Gasteiger partial charge in [0, 0.05) is 32.7 Å². The number of benzene rings is 1. The number of carbonyl (C=O) groups excluding carboxylic acids is 1. The van der Waals surface area contributed by atoms with Crippen LogP contribution in [0.25, 0.3) is 0 Å². The Morgan fingerprint density at radius 3 is 2.69 bits per heavy atom. The van der Waals surface area contributed by atoms with Crippen molar-refractivity contribution < 1.29 is 22.7 Å². The molecule has 0 bridgehead atoms. The Balaban J connectivity index is 1.59. The number of piperidine rings is 1. The zero-order chi connectivity index (χ0) is 23.1. The molecule has 2 fully saturated rings. The Morgan fingerprint density at radius 2 is 2.00 bits per heavy atom. The average Bonchev–Trinajstić information content (AvgIpc) is 2.82. The third kappa shape index (κ3) is 6.21. The van der Waals surface area contributed by atoms with Gasteiger partial charge in [-0.15, -0.1) is 0 Å². The summed E-state index contributed by atoms with van der Waals surface area (Å²) in [6.07, 6.45) is 2.24. The first kappa shape index (κ1) is 25.0. The fourth-order valence-electron chi connectivity index (χ4n) is 4.25. The van der Waals surface area contributed by atoms with Gasteiger partial charge in [0.2, 0.25) is 15.9 Å².